The molecular formula is C22H27ClFN3O2. The van der Waals surface area contributed by atoms with Crippen molar-refractivity contribution in [1.29, 1.82) is 0 Å². The summed E-state index contributed by atoms with van der Waals surface area (Å²) < 4.78 is 12.9. The monoisotopic (exact) mass is 419 g/mol. The molecule has 1 heterocycles. The van der Waals surface area contributed by atoms with Crippen molar-refractivity contribution in [1.82, 2.24) is 10.6 Å². The second-order valence-corrected chi connectivity index (χ2v) is 7.27. The van der Waals surface area contributed by atoms with Crippen LogP contribution in [0.25, 0.3) is 0 Å². The van der Waals surface area contributed by atoms with Crippen LogP contribution < -0.4 is 16.0 Å². The van der Waals surface area contributed by atoms with E-state index in [0.29, 0.717) is 23.6 Å². The molecule has 1 aliphatic heterocycles. The van der Waals surface area contributed by atoms with E-state index in [9.17, 15) is 14.0 Å². The third kappa shape index (κ3) is 6.84. The van der Waals surface area contributed by atoms with Crippen molar-refractivity contribution in [2.45, 2.75) is 32.2 Å². The summed E-state index contributed by atoms with van der Waals surface area (Å²) in [6, 6.07) is 12.6. The molecule has 0 radical (unpaired) electrons. The van der Waals surface area contributed by atoms with Crippen molar-refractivity contribution in [3.63, 3.8) is 0 Å². The van der Waals surface area contributed by atoms with Crippen molar-refractivity contribution in [2.24, 2.45) is 5.92 Å². The molecule has 0 aromatic heterocycles. The third-order valence-corrected chi connectivity index (χ3v) is 5.09. The molecule has 2 atom stereocenters. The Hall–Kier alpha value is -2.44. The first kappa shape index (κ1) is 22.8. The minimum Gasteiger partial charge on any atom is -0.350 e. The molecule has 5 nitrogen and oxygen atoms in total. The van der Waals surface area contributed by atoms with Crippen LogP contribution in [0.2, 0.25) is 0 Å². The van der Waals surface area contributed by atoms with Gasteiger partial charge in [-0.2, -0.15) is 0 Å². The van der Waals surface area contributed by atoms with E-state index in [1.807, 2.05) is 19.1 Å². The number of amides is 2. The molecule has 0 saturated carbocycles. The van der Waals surface area contributed by atoms with E-state index in [2.05, 4.69) is 16.0 Å². The summed E-state index contributed by atoms with van der Waals surface area (Å²) in [5, 5.41) is 9.13. The Labute approximate surface area is 176 Å². The maximum atomic E-state index is 12.9. The largest absolute Gasteiger partial charge is 0.350 e. The van der Waals surface area contributed by atoms with Gasteiger partial charge in [-0.05, 0) is 80.7 Å². The lowest BCUT2D eigenvalue weighted by atomic mass is 10.0. The first-order valence-electron chi connectivity index (χ1n) is 9.68. The zero-order valence-electron chi connectivity index (χ0n) is 16.4. The number of rotatable bonds is 7. The van der Waals surface area contributed by atoms with Gasteiger partial charge in [0.2, 0.25) is 5.91 Å². The van der Waals surface area contributed by atoms with Gasteiger partial charge in [0, 0.05) is 17.7 Å². The van der Waals surface area contributed by atoms with E-state index >= 15 is 0 Å². The fourth-order valence-electron chi connectivity index (χ4n) is 3.35. The van der Waals surface area contributed by atoms with Crippen molar-refractivity contribution in [3.05, 3.63) is 65.5 Å². The van der Waals surface area contributed by atoms with Crippen LogP contribution in [-0.2, 0) is 4.79 Å². The molecular weight excluding hydrogens is 393 g/mol. The highest BCUT2D eigenvalue weighted by atomic mass is 35.5. The van der Waals surface area contributed by atoms with Crippen LogP contribution in [0, 0.1) is 11.7 Å². The fraction of sp³-hybridized carbons (Fsp3) is 0.364. The maximum absolute atomic E-state index is 12.9. The summed E-state index contributed by atoms with van der Waals surface area (Å²) in [5.41, 5.74) is 2.00. The van der Waals surface area contributed by atoms with Gasteiger partial charge in [0.15, 0.2) is 0 Å². The molecule has 1 fully saturated rings. The summed E-state index contributed by atoms with van der Waals surface area (Å²) in [7, 11) is 0. The molecule has 0 aliphatic carbocycles. The zero-order chi connectivity index (χ0) is 19.9. The number of carbonyl (C=O) groups is 2. The Balaban J connectivity index is 0.00000300. The molecule has 2 aromatic carbocycles. The molecule has 2 aromatic rings. The predicted molar refractivity (Wildman–Crippen MR) is 115 cm³/mol. The van der Waals surface area contributed by atoms with E-state index in [1.165, 1.54) is 24.3 Å². The molecule has 1 aliphatic rings. The Morgan fingerprint density at radius 2 is 1.83 bits per heavy atom. The molecule has 29 heavy (non-hydrogen) atoms. The summed E-state index contributed by atoms with van der Waals surface area (Å²) in [5.74, 6) is -0.00880. The molecule has 7 heteroatoms. The first-order valence-corrected chi connectivity index (χ1v) is 9.68. The number of carbonyl (C=O) groups excluding carboxylic acids is 2. The van der Waals surface area contributed by atoms with Gasteiger partial charge >= 0.3 is 0 Å². The maximum Gasteiger partial charge on any atom is 0.255 e. The minimum atomic E-state index is -0.378. The minimum absolute atomic E-state index is 0. The Morgan fingerprint density at radius 1 is 1.14 bits per heavy atom. The van der Waals surface area contributed by atoms with Crippen LogP contribution in [0.3, 0.4) is 0 Å². The van der Waals surface area contributed by atoms with Gasteiger partial charge in [-0.25, -0.2) is 4.39 Å². The highest BCUT2D eigenvalue weighted by molar-refractivity contribution is 6.04. The second kappa shape index (κ2) is 10.9. The molecule has 0 bridgehead atoms. The number of nitrogens with one attached hydrogen (secondary N) is 3. The van der Waals surface area contributed by atoms with Gasteiger partial charge < -0.3 is 16.0 Å². The lowest BCUT2D eigenvalue weighted by Crippen LogP contribution is -2.27. The first-order chi connectivity index (χ1) is 13.5. The molecule has 3 N–H and O–H groups in total. The van der Waals surface area contributed by atoms with Gasteiger partial charge in [0.1, 0.15) is 5.82 Å². The summed E-state index contributed by atoms with van der Waals surface area (Å²) >= 11 is 0. The van der Waals surface area contributed by atoms with Gasteiger partial charge in [0.25, 0.3) is 5.91 Å². The van der Waals surface area contributed by atoms with Gasteiger partial charge in [-0.1, -0.05) is 12.1 Å². The molecule has 1 saturated heterocycles. The van der Waals surface area contributed by atoms with Crippen LogP contribution in [0.4, 0.5) is 10.1 Å². The molecule has 3 rings (SSSR count). The summed E-state index contributed by atoms with van der Waals surface area (Å²) in [6.45, 7) is 4.00. The normalized spacial score (nSPS) is 16.6. The number of benzene rings is 2. The number of hydrogen-bond acceptors (Lipinski definition) is 3. The predicted octanol–water partition coefficient (Wildman–Crippen LogP) is 4.07. The highest BCUT2D eigenvalue weighted by Crippen LogP contribution is 2.18. The van der Waals surface area contributed by atoms with Crippen molar-refractivity contribution in [2.75, 3.05) is 18.4 Å². The zero-order valence-corrected chi connectivity index (χ0v) is 17.2. The molecule has 0 spiro atoms. The van der Waals surface area contributed by atoms with E-state index in [0.717, 1.165) is 31.5 Å². The molecule has 156 valence electrons. The van der Waals surface area contributed by atoms with E-state index in [4.69, 9.17) is 0 Å². The topological polar surface area (TPSA) is 70.2 Å². The van der Waals surface area contributed by atoms with Crippen LogP contribution in [0.15, 0.2) is 48.5 Å². The average molecular weight is 420 g/mol. The van der Waals surface area contributed by atoms with E-state index in [-0.39, 0.29) is 36.1 Å². The fourth-order valence-corrected chi connectivity index (χ4v) is 3.35. The Morgan fingerprint density at radius 3 is 2.45 bits per heavy atom. The Kier molecular flexibility index (Phi) is 8.61. The van der Waals surface area contributed by atoms with Crippen molar-refractivity contribution in [3.8, 4) is 0 Å². The van der Waals surface area contributed by atoms with Crippen LogP contribution >= 0.6 is 12.4 Å². The second-order valence-electron chi connectivity index (χ2n) is 7.27. The number of hydrogen-bond donors (Lipinski definition) is 3. The molecule has 2 amide bonds. The van der Waals surface area contributed by atoms with Gasteiger partial charge in [-0.15, -0.1) is 12.4 Å². The van der Waals surface area contributed by atoms with Crippen molar-refractivity contribution >= 4 is 29.9 Å². The molecule has 2 unspecified atom stereocenters. The van der Waals surface area contributed by atoms with E-state index < -0.39 is 0 Å². The quantitative estimate of drug-likeness (QED) is 0.633. The lowest BCUT2D eigenvalue weighted by molar-refractivity contribution is -0.122. The lowest BCUT2D eigenvalue weighted by Gasteiger charge is -2.16. The average Bonchev–Trinajstić information content (AvgIpc) is 3.21. The van der Waals surface area contributed by atoms with Crippen molar-refractivity contribution < 1.29 is 14.0 Å². The van der Waals surface area contributed by atoms with Crippen LogP contribution in [0.1, 0.15) is 48.1 Å². The van der Waals surface area contributed by atoms with Gasteiger partial charge in [0.05, 0.1) is 6.04 Å². The smallest absolute Gasteiger partial charge is 0.255 e. The third-order valence-electron chi connectivity index (χ3n) is 5.09. The van der Waals surface area contributed by atoms with Crippen LogP contribution in [0.5, 0.6) is 0 Å². The Bertz CT molecular complexity index is 806. The number of halogens is 2. The van der Waals surface area contributed by atoms with E-state index in [1.54, 1.807) is 12.1 Å². The van der Waals surface area contributed by atoms with Crippen LogP contribution in [-0.4, -0.2) is 24.9 Å². The highest BCUT2D eigenvalue weighted by Gasteiger charge is 2.17. The summed E-state index contributed by atoms with van der Waals surface area (Å²) in [6.07, 6.45) is 2.61. The van der Waals surface area contributed by atoms with Gasteiger partial charge in [-0.3, -0.25) is 9.59 Å². The summed E-state index contributed by atoms with van der Waals surface area (Å²) in [4.78, 5) is 24.3. The number of anilines is 1. The standard InChI is InChI=1S/C22H26FN3O2.ClH/c1-15(25-21(27)11-2-16-12-13-24-14-16)17-5-9-20(10-6-17)26-22(28)18-3-7-19(23)8-4-18;/h3-10,15-16,24H,2,11-14H2,1H3,(H,25,27)(H,26,28);1H. The SMILES string of the molecule is CC(NC(=O)CCC1CCNC1)c1ccc(NC(=O)c2ccc(F)cc2)cc1.Cl.